The van der Waals surface area contributed by atoms with Gasteiger partial charge in [0.1, 0.15) is 0 Å². The SMILES string of the molecule is CCC(C)(C)C(=O)OC12CC3CC1C(C(=O)OC(C)C(F)(F)F)(C3)C(=O)O2. The molecule has 6 nitrogen and oxygen atoms in total. The highest BCUT2D eigenvalue weighted by Crippen LogP contribution is 2.67. The van der Waals surface area contributed by atoms with Gasteiger partial charge in [0.25, 0.3) is 5.79 Å². The van der Waals surface area contributed by atoms with Crippen molar-refractivity contribution in [1.29, 1.82) is 0 Å². The summed E-state index contributed by atoms with van der Waals surface area (Å²) in [6.07, 6.45) is -5.93. The van der Waals surface area contributed by atoms with Gasteiger partial charge in [-0.15, -0.1) is 0 Å². The summed E-state index contributed by atoms with van der Waals surface area (Å²) in [5.74, 6) is -5.37. The Balaban J connectivity index is 1.87. The number of carbonyl (C=O) groups excluding carboxylic acids is 3. The van der Waals surface area contributed by atoms with Gasteiger partial charge in [-0.1, -0.05) is 6.92 Å². The fourth-order valence-corrected chi connectivity index (χ4v) is 4.27. The van der Waals surface area contributed by atoms with Crippen molar-refractivity contribution >= 4 is 17.9 Å². The van der Waals surface area contributed by atoms with Gasteiger partial charge in [-0.3, -0.25) is 14.4 Å². The Kier molecular flexibility index (Phi) is 4.32. The molecule has 0 aromatic carbocycles. The van der Waals surface area contributed by atoms with Gasteiger partial charge in [-0.2, -0.15) is 13.2 Å². The quantitative estimate of drug-likeness (QED) is 0.528. The van der Waals surface area contributed by atoms with E-state index in [0.717, 1.165) is 0 Å². The van der Waals surface area contributed by atoms with E-state index in [-0.39, 0.29) is 18.8 Å². The summed E-state index contributed by atoms with van der Waals surface area (Å²) in [6, 6.07) is 0. The molecular weight excluding hydrogens is 369 g/mol. The molecule has 0 amide bonds. The van der Waals surface area contributed by atoms with E-state index in [1.165, 1.54) is 0 Å². The summed E-state index contributed by atoms with van der Waals surface area (Å²) in [6.45, 7) is 5.88. The minimum absolute atomic E-state index is 0.0520. The molecule has 2 saturated carbocycles. The van der Waals surface area contributed by atoms with Crippen LogP contribution in [0.15, 0.2) is 0 Å². The zero-order valence-corrected chi connectivity index (χ0v) is 15.6. The zero-order chi connectivity index (χ0) is 20.4. The number of rotatable bonds is 5. The molecule has 5 atom stereocenters. The molecule has 2 bridgehead atoms. The van der Waals surface area contributed by atoms with Crippen LogP contribution in [0.4, 0.5) is 13.2 Å². The predicted molar refractivity (Wildman–Crippen MR) is 83.9 cm³/mol. The van der Waals surface area contributed by atoms with Crippen molar-refractivity contribution in [2.75, 3.05) is 0 Å². The molecule has 0 aromatic heterocycles. The number of alkyl halides is 3. The molecular formula is C18H23F3O6. The highest BCUT2D eigenvalue weighted by atomic mass is 19.4. The minimum Gasteiger partial charge on any atom is -0.452 e. The number of carbonyl (C=O) groups is 3. The van der Waals surface area contributed by atoms with Crippen molar-refractivity contribution in [2.24, 2.45) is 22.7 Å². The van der Waals surface area contributed by atoms with E-state index < -0.39 is 52.7 Å². The Hall–Kier alpha value is -1.80. The minimum atomic E-state index is -4.73. The molecule has 3 fully saturated rings. The van der Waals surface area contributed by atoms with E-state index in [0.29, 0.717) is 19.8 Å². The number of halogens is 3. The third-order valence-corrected chi connectivity index (χ3v) is 6.32. The van der Waals surface area contributed by atoms with Crippen LogP contribution >= 0.6 is 0 Å². The number of fused-ring (bicyclic) bond motifs is 1. The van der Waals surface area contributed by atoms with Gasteiger partial charge in [-0.25, -0.2) is 0 Å². The van der Waals surface area contributed by atoms with Crippen LogP contribution in [0.25, 0.3) is 0 Å². The van der Waals surface area contributed by atoms with Crippen LogP contribution in [0, 0.1) is 22.7 Å². The second kappa shape index (κ2) is 5.85. The summed E-state index contributed by atoms with van der Waals surface area (Å²) in [5, 5.41) is 0. The van der Waals surface area contributed by atoms with E-state index >= 15 is 0 Å². The van der Waals surface area contributed by atoms with Gasteiger partial charge in [0.15, 0.2) is 11.5 Å². The van der Waals surface area contributed by atoms with Crippen molar-refractivity contribution in [1.82, 2.24) is 0 Å². The van der Waals surface area contributed by atoms with Crippen molar-refractivity contribution in [3.63, 3.8) is 0 Å². The fourth-order valence-electron chi connectivity index (χ4n) is 4.27. The summed E-state index contributed by atoms with van der Waals surface area (Å²) in [4.78, 5) is 37.7. The second-order valence-corrected chi connectivity index (χ2v) is 8.45. The van der Waals surface area contributed by atoms with Gasteiger partial charge < -0.3 is 14.2 Å². The maximum absolute atomic E-state index is 12.8. The number of hydrogen-bond acceptors (Lipinski definition) is 6. The zero-order valence-electron chi connectivity index (χ0n) is 15.6. The summed E-state index contributed by atoms with van der Waals surface area (Å²) in [5.41, 5.74) is -2.65. The lowest BCUT2D eigenvalue weighted by Crippen LogP contribution is -2.49. The molecule has 5 unspecified atom stereocenters. The van der Waals surface area contributed by atoms with Crippen LogP contribution in [0.2, 0.25) is 0 Å². The van der Waals surface area contributed by atoms with Crippen molar-refractivity contribution in [3.05, 3.63) is 0 Å². The molecule has 152 valence electrons. The Morgan fingerprint density at radius 1 is 1.30 bits per heavy atom. The topological polar surface area (TPSA) is 78.9 Å². The van der Waals surface area contributed by atoms with Gasteiger partial charge in [-0.05, 0) is 46.0 Å². The molecule has 1 aliphatic heterocycles. The van der Waals surface area contributed by atoms with Gasteiger partial charge in [0.2, 0.25) is 0 Å². The molecule has 9 heteroatoms. The maximum Gasteiger partial charge on any atom is 0.425 e. The molecule has 0 spiro atoms. The molecule has 2 aliphatic carbocycles. The molecule has 0 N–H and O–H groups in total. The smallest absolute Gasteiger partial charge is 0.425 e. The van der Waals surface area contributed by atoms with Crippen LogP contribution in [0.1, 0.15) is 53.4 Å². The first-order valence-corrected chi connectivity index (χ1v) is 9.03. The number of hydrogen-bond donors (Lipinski definition) is 0. The standard InChI is InChI=1S/C18H23F3O6/c1-5-15(3,4)12(22)26-17-8-10-6-11(17)16(7-10,14(24)27-17)13(23)25-9(2)18(19,20)21/h9-11H,5-8H2,1-4H3. The first-order valence-electron chi connectivity index (χ1n) is 9.03. The van der Waals surface area contributed by atoms with E-state index in [9.17, 15) is 27.6 Å². The van der Waals surface area contributed by atoms with Gasteiger partial charge >= 0.3 is 24.1 Å². The highest BCUT2D eigenvalue weighted by molar-refractivity contribution is 6.03. The van der Waals surface area contributed by atoms with Crippen LogP contribution in [0.5, 0.6) is 0 Å². The molecule has 1 heterocycles. The lowest BCUT2D eigenvalue weighted by Gasteiger charge is -2.35. The summed E-state index contributed by atoms with van der Waals surface area (Å²) in [7, 11) is 0. The molecule has 3 aliphatic rings. The monoisotopic (exact) mass is 392 g/mol. The van der Waals surface area contributed by atoms with Crippen LogP contribution < -0.4 is 0 Å². The lowest BCUT2D eigenvalue weighted by atomic mass is 9.72. The van der Waals surface area contributed by atoms with Crippen LogP contribution in [0.3, 0.4) is 0 Å². The van der Waals surface area contributed by atoms with Crippen molar-refractivity contribution in [3.8, 4) is 0 Å². The third-order valence-electron chi connectivity index (χ3n) is 6.32. The van der Waals surface area contributed by atoms with Crippen LogP contribution in [-0.2, 0) is 28.6 Å². The Bertz CT molecular complexity index is 687. The number of ether oxygens (including phenoxy) is 3. The highest BCUT2D eigenvalue weighted by Gasteiger charge is 2.79. The predicted octanol–water partition coefficient (Wildman–Crippen LogP) is 3.13. The van der Waals surface area contributed by atoms with E-state index in [2.05, 4.69) is 4.74 Å². The van der Waals surface area contributed by atoms with E-state index in [4.69, 9.17) is 9.47 Å². The largest absolute Gasteiger partial charge is 0.452 e. The lowest BCUT2D eigenvalue weighted by molar-refractivity contribution is -0.233. The normalized spacial score (nSPS) is 35.7. The average Bonchev–Trinajstić information content (AvgIpc) is 3.12. The summed E-state index contributed by atoms with van der Waals surface area (Å²) >= 11 is 0. The van der Waals surface area contributed by atoms with Crippen molar-refractivity contribution < 1.29 is 41.8 Å². The molecule has 0 aromatic rings. The first kappa shape index (κ1) is 19.9. The Morgan fingerprint density at radius 3 is 2.44 bits per heavy atom. The Morgan fingerprint density at radius 2 is 1.93 bits per heavy atom. The molecule has 1 saturated heterocycles. The first-order chi connectivity index (χ1) is 12.3. The Labute approximate surface area is 154 Å². The third kappa shape index (κ3) is 2.81. The maximum atomic E-state index is 12.8. The number of esters is 3. The van der Waals surface area contributed by atoms with Crippen LogP contribution in [-0.4, -0.2) is 36.0 Å². The average molecular weight is 392 g/mol. The van der Waals surface area contributed by atoms with Gasteiger partial charge in [0, 0.05) is 6.42 Å². The fraction of sp³-hybridized carbons (Fsp3) is 0.833. The summed E-state index contributed by atoms with van der Waals surface area (Å²) < 4.78 is 53.9. The van der Waals surface area contributed by atoms with E-state index in [1.807, 2.05) is 0 Å². The molecule has 0 radical (unpaired) electrons. The van der Waals surface area contributed by atoms with E-state index in [1.54, 1.807) is 20.8 Å². The molecule has 3 rings (SSSR count). The molecule has 27 heavy (non-hydrogen) atoms. The second-order valence-electron chi connectivity index (χ2n) is 8.45. The van der Waals surface area contributed by atoms with Crippen molar-refractivity contribution in [2.45, 2.75) is 71.4 Å². The van der Waals surface area contributed by atoms with Gasteiger partial charge in [0.05, 0.1) is 11.3 Å².